The molecule has 21 heavy (non-hydrogen) atoms. The zero-order chi connectivity index (χ0) is 14.7. The molecule has 2 aromatic carbocycles. The van der Waals surface area contributed by atoms with E-state index < -0.39 is 0 Å². The predicted molar refractivity (Wildman–Crippen MR) is 101 cm³/mol. The van der Waals surface area contributed by atoms with Crippen LogP contribution in [0.5, 0.6) is 0 Å². The van der Waals surface area contributed by atoms with Gasteiger partial charge in [-0.05, 0) is 69.8 Å². The fourth-order valence-electron chi connectivity index (χ4n) is 2.15. The highest BCUT2D eigenvalue weighted by molar-refractivity contribution is 14.1. The molecule has 0 bridgehead atoms. The lowest BCUT2D eigenvalue weighted by atomic mass is 10.1. The average molecular weight is 405 g/mol. The highest BCUT2D eigenvalue weighted by Crippen LogP contribution is 2.26. The Morgan fingerprint density at radius 3 is 2.57 bits per heavy atom. The minimum absolute atomic E-state index is 0.872. The summed E-state index contributed by atoms with van der Waals surface area (Å²) in [6, 6.07) is 19.3. The van der Waals surface area contributed by atoms with Crippen LogP contribution in [0.15, 0.2) is 60.0 Å². The predicted octanol–water partition coefficient (Wildman–Crippen LogP) is 5.94. The number of hydrogen-bond donors (Lipinski definition) is 1. The Morgan fingerprint density at radius 1 is 1.00 bits per heavy atom. The minimum Gasteiger partial charge on any atom is -0.380 e. The van der Waals surface area contributed by atoms with Gasteiger partial charge in [0.25, 0.3) is 0 Å². The van der Waals surface area contributed by atoms with E-state index >= 15 is 0 Å². The number of thiophene rings is 1. The van der Waals surface area contributed by atoms with Crippen LogP contribution in [0.1, 0.15) is 10.4 Å². The van der Waals surface area contributed by atoms with Gasteiger partial charge in [0, 0.05) is 20.7 Å². The van der Waals surface area contributed by atoms with Crippen LogP contribution in [0.3, 0.4) is 0 Å². The van der Waals surface area contributed by atoms with Crippen LogP contribution in [-0.2, 0) is 6.54 Å². The molecule has 0 spiro atoms. The summed E-state index contributed by atoms with van der Waals surface area (Å²) in [5, 5.41) is 5.73. The molecule has 0 saturated heterocycles. The lowest BCUT2D eigenvalue weighted by Crippen LogP contribution is -1.97. The first-order chi connectivity index (χ1) is 10.2. The second-order valence-electron chi connectivity index (χ2n) is 4.99. The molecule has 0 saturated carbocycles. The van der Waals surface area contributed by atoms with Gasteiger partial charge in [0.15, 0.2) is 0 Å². The van der Waals surface area contributed by atoms with Crippen LogP contribution in [0.25, 0.3) is 11.1 Å². The van der Waals surface area contributed by atoms with Crippen LogP contribution in [0.4, 0.5) is 5.69 Å². The Morgan fingerprint density at radius 2 is 1.81 bits per heavy atom. The molecule has 1 heterocycles. The normalized spacial score (nSPS) is 10.6. The van der Waals surface area contributed by atoms with E-state index in [1.807, 2.05) is 0 Å². The molecule has 0 aliphatic rings. The number of anilines is 1. The number of nitrogens with one attached hydrogen (secondary N) is 1. The molecule has 3 heteroatoms. The van der Waals surface area contributed by atoms with Gasteiger partial charge in [-0.3, -0.25) is 0 Å². The Hall–Kier alpha value is -1.33. The van der Waals surface area contributed by atoms with E-state index in [9.17, 15) is 0 Å². The summed E-state index contributed by atoms with van der Waals surface area (Å²) in [6.45, 7) is 3.01. The van der Waals surface area contributed by atoms with Gasteiger partial charge in [-0.25, -0.2) is 0 Å². The van der Waals surface area contributed by atoms with Crippen LogP contribution in [0.2, 0.25) is 0 Å². The van der Waals surface area contributed by atoms with Crippen molar-refractivity contribution in [1.82, 2.24) is 0 Å². The fraction of sp³-hybridized carbons (Fsp3) is 0.111. The molecule has 0 aliphatic carbocycles. The van der Waals surface area contributed by atoms with Gasteiger partial charge in [0.1, 0.15) is 0 Å². The summed E-state index contributed by atoms with van der Waals surface area (Å²) in [5.41, 5.74) is 5.09. The highest BCUT2D eigenvalue weighted by atomic mass is 127. The van der Waals surface area contributed by atoms with Gasteiger partial charge >= 0.3 is 0 Å². The summed E-state index contributed by atoms with van der Waals surface area (Å²) < 4.78 is 1.30. The van der Waals surface area contributed by atoms with Crippen LogP contribution >= 0.6 is 33.9 Å². The third-order valence-corrected chi connectivity index (χ3v) is 5.50. The monoisotopic (exact) mass is 405 g/mol. The van der Waals surface area contributed by atoms with Crippen molar-refractivity contribution < 1.29 is 0 Å². The fourth-order valence-corrected chi connectivity index (χ4v) is 3.50. The first-order valence-corrected chi connectivity index (χ1v) is 8.81. The first kappa shape index (κ1) is 14.6. The van der Waals surface area contributed by atoms with Crippen molar-refractivity contribution in [1.29, 1.82) is 0 Å². The quantitative estimate of drug-likeness (QED) is 0.530. The molecule has 1 N–H and O–H groups in total. The highest BCUT2D eigenvalue weighted by Gasteiger charge is 2.03. The summed E-state index contributed by atoms with van der Waals surface area (Å²) in [7, 11) is 0. The molecule has 0 unspecified atom stereocenters. The number of rotatable bonds is 4. The lowest BCUT2D eigenvalue weighted by Gasteiger charge is -2.06. The van der Waals surface area contributed by atoms with Crippen molar-refractivity contribution in [2.45, 2.75) is 13.5 Å². The molecule has 3 rings (SSSR count). The summed E-state index contributed by atoms with van der Waals surface area (Å²) in [4.78, 5) is 1.35. The average Bonchev–Trinajstić information content (AvgIpc) is 2.98. The molecule has 3 aromatic rings. The largest absolute Gasteiger partial charge is 0.380 e. The van der Waals surface area contributed by atoms with Crippen molar-refractivity contribution >= 4 is 39.6 Å². The Balaban J connectivity index is 1.69. The van der Waals surface area contributed by atoms with Crippen LogP contribution < -0.4 is 5.32 Å². The number of hydrogen-bond acceptors (Lipinski definition) is 2. The molecule has 0 fully saturated rings. The van der Waals surface area contributed by atoms with E-state index in [-0.39, 0.29) is 0 Å². The zero-order valence-corrected chi connectivity index (χ0v) is 14.7. The standard InChI is InChI=1S/C18H16INS/c1-13-7-8-16(10-18(13)19)20-11-17-9-15(12-21-17)14-5-3-2-4-6-14/h2-10,12,20H,11H2,1H3. The van der Waals surface area contributed by atoms with Crippen molar-refractivity contribution in [3.05, 3.63) is 74.0 Å². The summed E-state index contributed by atoms with van der Waals surface area (Å²) >= 11 is 4.19. The first-order valence-electron chi connectivity index (χ1n) is 6.85. The molecule has 1 nitrogen and oxygen atoms in total. The van der Waals surface area contributed by atoms with Crippen molar-refractivity contribution in [2.24, 2.45) is 0 Å². The van der Waals surface area contributed by atoms with Gasteiger partial charge in [-0.15, -0.1) is 11.3 Å². The maximum atomic E-state index is 3.50. The van der Waals surface area contributed by atoms with Crippen LogP contribution in [0, 0.1) is 10.5 Å². The molecular formula is C18H16INS. The molecule has 1 aromatic heterocycles. The van der Waals surface area contributed by atoms with Gasteiger partial charge in [-0.2, -0.15) is 0 Å². The number of halogens is 1. The van der Waals surface area contributed by atoms with Gasteiger partial charge in [0.2, 0.25) is 0 Å². The van der Waals surface area contributed by atoms with Crippen molar-refractivity contribution in [3.8, 4) is 11.1 Å². The molecule has 0 atom stereocenters. The van der Waals surface area contributed by atoms with Crippen LogP contribution in [-0.4, -0.2) is 0 Å². The maximum absolute atomic E-state index is 3.50. The maximum Gasteiger partial charge on any atom is 0.0494 e. The van der Waals surface area contributed by atoms with Gasteiger partial charge < -0.3 is 5.32 Å². The SMILES string of the molecule is Cc1ccc(NCc2cc(-c3ccccc3)cs2)cc1I. The number of benzene rings is 2. The van der Waals surface area contributed by atoms with Gasteiger partial charge in [-0.1, -0.05) is 36.4 Å². The Kier molecular flexibility index (Phi) is 4.60. The second kappa shape index (κ2) is 6.62. The van der Waals surface area contributed by atoms with Crippen molar-refractivity contribution in [3.63, 3.8) is 0 Å². The third kappa shape index (κ3) is 3.66. The van der Waals surface area contributed by atoms with E-state index in [1.54, 1.807) is 11.3 Å². The smallest absolute Gasteiger partial charge is 0.0494 e. The topological polar surface area (TPSA) is 12.0 Å². The lowest BCUT2D eigenvalue weighted by molar-refractivity contribution is 1.19. The van der Waals surface area contributed by atoms with Gasteiger partial charge in [0.05, 0.1) is 0 Å². The summed E-state index contributed by atoms with van der Waals surface area (Å²) in [6.07, 6.45) is 0. The van der Waals surface area contributed by atoms with E-state index in [0.29, 0.717) is 0 Å². The van der Waals surface area contributed by atoms with E-state index in [1.165, 1.54) is 30.8 Å². The molecule has 0 aliphatic heterocycles. The minimum atomic E-state index is 0.872. The van der Waals surface area contributed by atoms with E-state index in [0.717, 1.165) is 6.54 Å². The van der Waals surface area contributed by atoms with E-state index in [4.69, 9.17) is 0 Å². The molecule has 0 radical (unpaired) electrons. The number of aryl methyl sites for hydroxylation is 1. The van der Waals surface area contributed by atoms with E-state index in [2.05, 4.69) is 94.8 Å². The Bertz CT molecular complexity index is 734. The molecular weight excluding hydrogens is 389 g/mol. The van der Waals surface area contributed by atoms with Crippen molar-refractivity contribution in [2.75, 3.05) is 5.32 Å². The zero-order valence-electron chi connectivity index (χ0n) is 11.8. The summed E-state index contributed by atoms with van der Waals surface area (Å²) in [5.74, 6) is 0. The third-order valence-electron chi connectivity index (χ3n) is 3.40. The molecule has 0 amide bonds. The molecule has 106 valence electrons. The Labute approximate surface area is 143 Å². The second-order valence-corrected chi connectivity index (χ2v) is 7.14.